The molecule has 1 rings (SSSR count). The highest BCUT2D eigenvalue weighted by atomic mass is 15.2. The van der Waals surface area contributed by atoms with Crippen LogP contribution >= 0.6 is 0 Å². The lowest BCUT2D eigenvalue weighted by Crippen LogP contribution is -2.41. The van der Waals surface area contributed by atoms with Gasteiger partial charge in [0.25, 0.3) is 0 Å². The number of nitrogens with zero attached hydrogens (tertiary/aromatic N) is 2. The van der Waals surface area contributed by atoms with Crippen LogP contribution in [0.25, 0.3) is 0 Å². The van der Waals surface area contributed by atoms with Gasteiger partial charge >= 0.3 is 0 Å². The Balaban J connectivity index is 2.30. The average Bonchev–Trinajstić information content (AvgIpc) is 2.58. The number of nitriles is 1. The molecular formula is C14H27N3. The van der Waals surface area contributed by atoms with Crippen molar-refractivity contribution in [3.05, 3.63) is 0 Å². The SMILES string of the molecule is CCNC(C)(C#N)CCCN1CC(C)CC1C. The van der Waals surface area contributed by atoms with Gasteiger partial charge in [-0.3, -0.25) is 5.32 Å². The molecular weight excluding hydrogens is 210 g/mol. The van der Waals surface area contributed by atoms with E-state index in [1.54, 1.807) is 0 Å². The monoisotopic (exact) mass is 237 g/mol. The summed E-state index contributed by atoms with van der Waals surface area (Å²) in [6.45, 7) is 11.9. The Bertz CT molecular complexity index is 271. The van der Waals surface area contributed by atoms with Gasteiger partial charge in [0.15, 0.2) is 0 Å². The first kappa shape index (κ1) is 14.5. The second-order valence-electron chi connectivity index (χ2n) is 5.76. The largest absolute Gasteiger partial charge is 0.300 e. The van der Waals surface area contributed by atoms with E-state index in [1.807, 2.05) is 6.92 Å². The third kappa shape index (κ3) is 4.29. The van der Waals surface area contributed by atoms with Crippen LogP contribution in [-0.4, -0.2) is 36.1 Å². The van der Waals surface area contributed by atoms with Crippen LogP contribution in [0.3, 0.4) is 0 Å². The van der Waals surface area contributed by atoms with Crippen LogP contribution < -0.4 is 5.32 Å². The van der Waals surface area contributed by atoms with Gasteiger partial charge in [0.05, 0.1) is 6.07 Å². The molecule has 0 radical (unpaired) electrons. The zero-order valence-electron chi connectivity index (χ0n) is 11.8. The first-order chi connectivity index (χ1) is 8.00. The van der Waals surface area contributed by atoms with Gasteiger partial charge in [-0.1, -0.05) is 13.8 Å². The summed E-state index contributed by atoms with van der Waals surface area (Å²) in [4.78, 5) is 2.56. The Labute approximate surface area is 106 Å². The van der Waals surface area contributed by atoms with Crippen LogP contribution in [0, 0.1) is 17.2 Å². The molecule has 17 heavy (non-hydrogen) atoms. The lowest BCUT2D eigenvalue weighted by Gasteiger charge is -2.25. The standard InChI is InChI=1S/C14H27N3/c1-5-16-14(4,11-15)7-6-8-17-10-12(2)9-13(17)3/h12-13,16H,5-10H2,1-4H3. The third-order valence-corrected chi connectivity index (χ3v) is 3.85. The lowest BCUT2D eigenvalue weighted by atomic mass is 9.97. The molecule has 1 fully saturated rings. The minimum atomic E-state index is -0.344. The highest BCUT2D eigenvalue weighted by molar-refractivity contribution is 5.03. The molecule has 0 spiro atoms. The van der Waals surface area contributed by atoms with Gasteiger partial charge in [-0.15, -0.1) is 0 Å². The van der Waals surface area contributed by atoms with E-state index in [1.165, 1.54) is 13.0 Å². The van der Waals surface area contributed by atoms with Crippen molar-refractivity contribution in [2.24, 2.45) is 5.92 Å². The molecule has 1 aliphatic heterocycles. The van der Waals surface area contributed by atoms with Crippen molar-refractivity contribution in [1.82, 2.24) is 10.2 Å². The smallest absolute Gasteiger partial charge is 0.103 e. The summed E-state index contributed by atoms with van der Waals surface area (Å²) in [5.41, 5.74) is -0.344. The Morgan fingerprint density at radius 2 is 2.18 bits per heavy atom. The van der Waals surface area contributed by atoms with E-state index in [0.29, 0.717) is 0 Å². The predicted molar refractivity (Wildman–Crippen MR) is 71.7 cm³/mol. The molecule has 0 bridgehead atoms. The van der Waals surface area contributed by atoms with Crippen molar-refractivity contribution >= 4 is 0 Å². The maximum Gasteiger partial charge on any atom is 0.103 e. The Morgan fingerprint density at radius 1 is 1.47 bits per heavy atom. The average molecular weight is 237 g/mol. The number of rotatable bonds is 6. The molecule has 0 aliphatic carbocycles. The summed E-state index contributed by atoms with van der Waals surface area (Å²) in [7, 11) is 0. The van der Waals surface area contributed by atoms with Crippen LogP contribution in [0.5, 0.6) is 0 Å². The van der Waals surface area contributed by atoms with Gasteiger partial charge in [-0.2, -0.15) is 5.26 Å². The molecule has 1 N–H and O–H groups in total. The molecule has 1 heterocycles. The van der Waals surface area contributed by atoms with Crippen LogP contribution in [0.4, 0.5) is 0 Å². The molecule has 3 unspecified atom stereocenters. The molecule has 0 aromatic rings. The first-order valence-corrected chi connectivity index (χ1v) is 6.91. The normalized spacial score (nSPS) is 28.9. The number of hydrogen-bond donors (Lipinski definition) is 1. The zero-order chi connectivity index (χ0) is 12.9. The molecule has 3 heteroatoms. The highest BCUT2D eigenvalue weighted by Crippen LogP contribution is 2.23. The highest BCUT2D eigenvalue weighted by Gasteiger charge is 2.27. The summed E-state index contributed by atoms with van der Waals surface area (Å²) < 4.78 is 0. The molecule has 3 nitrogen and oxygen atoms in total. The molecule has 0 amide bonds. The Hall–Kier alpha value is -0.590. The maximum atomic E-state index is 9.18. The van der Waals surface area contributed by atoms with E-state index in [9.17, 15) is 5.26 Å². The minimum Gasteiger partial charge on any atom is -0.300 e. The van der Waals surface area contributed by atoms with Gasteiger partial charge in [-0.25, -0.2) is 0 Å². The molecule has 98 valence electrons. The molecule has 0 aromatic heterocycles. The van der Waals surface area contributed by atoms with E-state index in [-0.39, 0.29) is 5.54 Å². The van der Waals surface area contributed by atoms with E-state index in [4.69, 9.17) is 0 Å². The fourth-order valence-electron chi connectivity index (χ4n) is 2.91. The molecule has 3 atom stereocenters. The van der Waals surface area contributed by atoms with Crippen molar-refractivity contribution in [2.75, 3.05) is 19.6 Å². The molecule has 1 saturated heterocycles. The summed E-state index contributed by atoms with van der Waals surface area (Å²) in [6, 6.07) is 3.11. The summed E-state index contributed by atoms with van der Waals surface area (Å²) in [6.07, 6.45) is 3.37. The van der Waals surface area contributed by atoms with Crippen molar-refractivity contribution in [1.29, 1.82) is 5.26 Å². The van der Waals surface area contributed by atoms with Crippen molar-refractivity contribution in [2.45, 2.75) is 58.5 Å². The van der Waals surface area contributed by atoms with Crippen molar-refractivity contribution < 1.29 is 0 Å². The van der Waals surface area contributed by atoms with Crippen molar-refractivity contribution in [3.63, 3.8) is 0 Å². The van der Waals surface area contributed by atoms with Crippen LogP contribution in [0.2, 0.25) is 0 Å². The van der Waals surface area contributed by atoms with Gasteiger partial charge in [-0.05, 0) is 52.1 Å². The first-order valence-electron chi connectivity index (χ1n) is 6.91. The third-order valence-electron chi connectivity index (χ3n) is 3.85. The number of nitrogens with one attached hydrogen (secondary N) is 1. The van der Waals surface area contributed by atoms with Crippen LogP contribution in [0.15, 0.2) is 0 Å². The van der Waals surface area contributed by atoms with Gasteiger partial charge in [0.1, 0.15) is 5.54 Å². The van der Waals surface area contributed by atoms with Gasteiger partial charge < -0.3 is 4.90 Å². The second-order valence-corrected chi connectivity index (χ2v) is 5.76. The summed E-state index contributed by atoms with van der Waals surface area (Å²) in [5, 5.41) is 12.5. The fraction of sp³-hybridized carbons (Fsp3) is 0.929. The van der Waals surface area contributed by atoms with Crippen LogP contribution in [0.1, 0.15) is 47.0 Å². The molecule has 0 aromatic carbocycles. The van der Waals surface area contributed by atoms with E-state index < -0.39 is 0 Å². The quantitative estimate of drug-likeness (QED) is 0.771. The number of hydrogen-bond acceptors (Lipinski definition) is 3. The molecule has 0 saturated carbocycles. The minimum absolute atomic E-state index is 0.344. The maximum absolute atomic E-state index is 9.18. The topological polar surface area (TPSA) is 39.1 Å². The molecule has 1 aliphatic rings. The zero-order valence-corrected chi connectivity index (χ0v) is 11.8. The second kappa shape index (κ2) is 6.37. The van der Waals surface area contributed by atoms with Crippen molar-refractivity contribution in [3.8, 4) is 6.07 Å². The van der Waals surface area contributed by atoms with E-state index >= 15 is 0 Å². The lowest BCUT2D eigenvalue weighted by molar-refractivity contribution is 0.249. The Morgan fingerprint density at radius 3 is 2.65 bits per heavy atom. The fourth-order valence-corrected chi connectivity index (χ4v) is 2.91. The van der Waals surface area contributed by atoms with Crippen LogP contribution in [-0.2, 0) is 0 Å². The van der Waals surface area contributed by atoms with Gasteiger partial charge in [0, 0.05) is 12.6 Å². The number of likely N-dealkylation sites (tertiary alicyclic amines) is 1. The van der Waals surface area contributed by atoms with Gasteiger partial charge in [0.2, 0.25) is 0 Å². The summed E-state index contributed by atoms with van der Waals surface area (Å²) in [5.74, 6) is 0.834. The summed E-state index contributed by atoms with van der Waals surface area (Å²) >= 11 is 0. The van der Waals surface area contributed by atoms with E-state index in [2.05, 4.69) is 37.1 Å². The van der Waals surface area contributed by atoms with E-state index in [0.717, 1.165) is 37.9 Å². The Kier molecular flexibility index (Phi) is 5.42. The predicted octanol–water partition coefficient (Wildman–Crippen LogP) is 2.39.